The molecule has 2 amide bonds. The van der Waals surface area contributed by atoms with Gasteiger partial charge in [-0.25, -0.2) is 9.50 Å². The Morgan fingerprint density at radius 2 is 2.06 bits per heavy atom. The molecule has 0 fully saturated rings. The van der Waals surface area contributed by atoms with Crippen molar-refractivity contribution in [1.82, 2.24) is 19.9 Å². The second-order valence-electron chi connectivity index (χ2n) is 7.24. The zero-order valence-corrected chi connectivity index (χ0v) is 19.1. The molecule has 1 unspecified atom stereocenters. The molecular weight excluding hydrogens is 457 g/mol. The van der Waals surface area contributed by atoms with E-state index in [1.807, 2.05) is 6.92 Å². The average Bonchev–Trinajstić information content (AvgIpc) is 3.17. The first-order valence-electron chi connectivity index (χ1n) is 9.84. The van der Waals surface area contributed by atoms with E-state index in [2.05, 4.69) is 15.4 Å². The highest BCUT2D eigenvalue weighted by molar-refractivity contribution is 6.42. The Bertz CT molecular complexity index is 1160. The zero-order chi connectivity index (χ0) is 23.4. The number of nitrogens with one attached hydrogen (secondary N) is 1. The minimum Gasteiger partial charge on any atom is -0.489 e. The molecule has 0 radical (unpaired) electrons. The van der Waals surface area contributed by atoms with Crippen LogP contribution in [-0.2, 0) is 11.2 Å². The third-order valence-corrected chi connectivity index (χ3v) is 5.76. The van der Waals surface area contributed by atoms with Gasteiger partial charge >= 0.3 is 0 Å². The van der Waals surface area contributed by atoms with E-state index in [4.69, 9.17) is 33.7 Å². The van der Waals surface area contributed by atoms with Gasteiger partial charge in [-0.2, -0.15) is 5.10 Å². The number of aliphatic hydroxyl groups excluding tert-OH is 1. The number of carbonyl (C=O) groups is 2. The lowest BCUT2D eigenvalue weighted by Gasteiger charge is -2.15. The summed E-state index contributed by atoms with van der Waals surface area (Å²) in [6.45, 7) is 3.61. The van der Waals surface area contributed by atoms with Crippen molar-refractivity contribution < 1.29 is 19.4 Å². The van der Waals surface area contributed by atoms with Gasteiger partial charge in [-0.3, -0.25) is 9.59 Å². The third-order valence-electron chi connectivity index (χ3n) is 4.96. The normalized spacial score (nSPS) is 12.0. The van der Waals surface area contributed by atoms with Crippen LogP contribution in [0.1, 0.15) is 33.7 Å². The number of fused-ring (bicyclic) bond motifs is 1. The van der Waals surface area contributed by atoms with Gasteiger partial charge < -0.3 is 20.9 Å². The topological polar surface area (TPSA) is 132 Å². The molecule has 0 aliphatic carbocycles. The number of halogens is 2. The SMILES string of the molecule is Cc1nc2c(C(N)=O)cnn2c(C)c1CCC(=O)NCC(O)COc1cccc(Cl)c1Cl. The van der Waals surface area contributed by atoms with Gasteiger partial charge in [0, 0.05) is 24.4 Å². The standard InChI is InChI=1S/C21H23Cl2N5O4/c1-11-14(12(2)28-21(27-11)15(9-26-28)20(24)31)6-7-18(30)25-8-13(29)10-32-17-5-3-4-16(22)19(17)23/h3-5,9,13,29H,6-8,10H2,1-2H3,(H2,24,31)(H,25,30). The van der Waals surface area contributed by atoms with Crippen molar-refractivity contribution in [3.8, 4) is 5.75 Å². The molecule has 2 heterocycles. The van der Waals surface area contributed by atoms with Crippen LogP contribution in [0.15, 0.2) is 24.4 Å². The molecule has 0 bridgehead atoms. The molecule has 3 aromatic rings. The third kappa shape index (κ3) is 5.29. The number of amides is 2. The molecule has 1 aromatic carbocycles. The Labute approximate surface area is 194 Å². The summed E-state index contributed by atoms with van der Waals surface area (Å²) in [4.78, 5) is 28.2. The lowest BCUT2D eigenvalue weighted by atomic mass is 10.1. The smallest absolute Gasteiger partial charge is 0.254 e. The van der Waals surface area contributed by atoms with Crippen LogP contribution in [0.2, 0.25) is 10.0 Å². The van der Waals surface area contributed by atoms with Crippen LogP contribution in [-0.4, -0.2) is 50.8 Å². The van der Waals surface area contributed by atoms with Gasteiger partial charge in [-0.05, 0) is 38.0 Å². The van der Waals surface area contributed by atoms with Crippen LogP contribution in [0.25, 0.3) is 5.65 Å². The Morgan fingerprint density at radius 3 is 2.78 bits per heavy atom. The monoisotopic (exact) mass is 479 g/mol. The minimum absolute atomic E-state index is 0.0212. The van der Waals surface area contributed by atoms with Gasteiger partial charge in [-0.15, -0.1) is 0 Å². The van der Waals surface area contributed by atoms with E-state index in [0.29, 0.717) is 28.5 Å². The molecule has 0 aliphatic rings. The highest BCUT2D eigenvalue weighted by Gasteiger charge is 2.17. The first kappa shape index (κ1) is 23.8. The van der Waals surface area contributed by atoms with Crippen LogP contribution in [0, 0.1) is 13.8 Å². The summed E-state index contributed by atoms with van der Waals surface area (Å²) in [6, 6.07) is 4.96. The number of nitrogens with zero attached hydrogens (tertiary/aromatic N) is 3. The number of hydrogen-bond donors (Lipinski definition) is 3. The number of hydrogen-bond acceptors (Lipinski definition) is 6. The van der Waals surface area contributed by atoms with Gasteiger partial charge in [-0.1, -0.05) is 29.3 Å². The Balaban J connectivity index is 1.53. The molecule has 3 rings (SSSR count). The average molecular weight is 480 g/mol. The van der Waals surface area contributed by atoms with E-state index in [1.165, 1.54) is 6.20 Å². The molecule has 4 N–H and O–H groups in total. The number of aryl methyl sites for hydroxylation is 2. The number of aliphatic hydroxyl groups is 1. The van der Waals surface area contributed by atoms with Crippen molar-refractivity contribution in [2.75, 3.05) is 13.2 Å². The summed E-state index contributed by atoms with van der Waals surface area (Å²) in [5.74, 6) is -0.475. The number of rotatable bonds is 9. The van der Waals surface area contributed by atoms with E-state index in [0.717, 1.165) is 11.3 Å². The van der Waals surface area contributed by atoms with E-state index in [1.54, 1.807) is 29.6 Å². The number of nitrogens with two attached hydrogens (primary N) is 1. The summed E-state index contributed by atoms with van der Waals surface area (Å²) in [7, 11) is 0. The maximum atomic E-state index is 12.3. The van der Waals surface area contributed by atoms with Gasteiger partial charge in [0.1, 0.15) is 29.0 Å². The van der Waals surface area contributed by atoms with Crippen molar-refractivity contribution >= 4 is 40.7 Å². The van der Waals surface area contributed by atoms with Crippen LogP contribution in [0.5, 0.6) is 5.75 Å². The number of carbonyl (C=O) groups excluding carboxylic acids is 2. The van der Waals surface area contributed by atoms with E-state index < -0.39 is 12.0 Å². The first-order chi connectivity index (χ1) is 15.2. The Morgan fingerprint density at radius 1 is 1.31 bits per heavy atom. The predicted molar refractivity (Wildman–Crippen MR) is 120 cm³/mol. The highest BCUT2D eigenvalue weighted by Crippen LogP contribution is 2.31. The maximum absolute atomic E-state index is 12.3. The molecule has 0 aliphatic heterocycles. The van der Waals surface area contributed by atoms with Gasteiger partial charge in [0.15, 0.2) is 5.65 Å². The van der Waals surface area contributed by atoms with Gasteiger partial charge in [0.25, 0.3) is 5.91 Å². The molecule has 32 heavy (non-hydrogen) atoms. The highest BCUT2D eigenvalue weighted by atomic mass is 35.5. The zero-order valence-electron chi connectivity index (χ0n) is 17.6. The predicted octanol–water partition coefficient (Wildman–Crippen LogP) is 2.24. The van der Waals surface area contributed by atoms with Crippen LogP contribution in [0.3, 0.4) is 0 Å². The van der Waals surface area contributed by atoms with E-state index in [9.17, 15) is 14.7 Å². The quantitative estimate of drug-likeness (QED) is 0.431. The summed E-state index contributed by atoms with van der Waals surface area (Å²) >= 11 is 12.0. The summed E-state index contributed by atoms with van der Waals surface area (Å²) in [5, 5.41) is 17.6. The molecular formula is C21H23Cl2N5O4. The number of aromatic nitrogens is 3. The second kappa shape index (κ2) is 10.2. The van der Waals surface area contributed by atoms with Crippen molar-refractivity contribution in [3.63, 3.8) is 0 Å². The fraction of sp³-hybridized carbons (Fsp3) is 0.333. The lowest BCUT2D eigenvalue weighted by Crippen LogP contribution is -2.35. The van der Waals surface area contributed by atoms with E-state index in [-0.39, 0.29) is 36.1 Å². The molecule has 0 spiro atoms. The molecule has 0 saturated carbocycles. The Hall–Kier alpha value is -2.88. The first-order valence-corrected chi connectivity index (χ1v) is 10.6. The van der Waals surface area contributed by atoms with Crippen molar-refractivity contribution in [3.05, 3.63) is 57.0 Å². The summed E-state index contributed by atoms with van der Waals surface area (Å²) < 4.78 is 7.01. The van der Waals surface area contributed by atoms with Crippen LogP contribution in [0.4, 0.5) is 0 Å². The molecule has 1 atom stereocenters. The van der Waals surface area contributed by atoms with Crippen LogP contribution >= 0.6 is 23.2 Å². The fourth-order valence-electron chi connectivity index (χ4n) is 3.25. The minimum atomic E-state index is -0.924. The summed E-state index contributed by atoms with van der Waals surface area (Å²) in [5.41, 5.74) is 8.32. The fourth-order valence-corrected chi connectivity index (χ4v) is 3.59. The number of primary amides is 1. The Kier molecular flexibility index (Phi) is 7.55. The van der Waals surface area contributed by atoms with Gasteiger partial charge in [0.05, 0.1) is 11.2 Å². The van der Waals surface area contributed by atoms with Crippen molar-refractivity contribution in [2.45, 2.75) is 32.8 Å². The second-order valence-corrected chi connectivity index (χ2v) is 8.03. The summed E-state index contributed by atoms with van der Waals surface area (Å²) in [6.07, 6.45) is 1.06. The largest absolute Gasteiger partial charge is 0.489 e. The van der Waals surface area contributed by atoms with Crippen LogP contribution < -0.4 is 15.8 Å². The molecule has 11 heteroatoms. The van der Waals surface area contributed by atoms with Crippen molar-refractivity contribution in [2.24, 2.45) is 5.73 Å². The maximum Gasteiger partial charge on any atom is 0.254 e. The van der Waals surface area contributed by atoms with Gasteiger partial charge in [0.2, 0.25) is 5.91 Å². The molecule has 0 saturated heterocycles. The number of ether oxygens (including phenoxy) is 1. The van der Waals surface area contributed by atoms with Crippen molar-refractivity contribution in [1.29, 1.82) is 0 Å². The molecule has 9 nitrogen and oxygen atoms in total. The lowest BCUT2D eigenvalue weighted by molar-refractivity contribution is -0.121. The molecule has 2 aromatic heterocycles. The molecule has 170 valence electrons. The number of benzene rings is 1. The van der Waals surface area contributed by atoms with E-state index >= 15 is 0 Å².